The molecule has 0 radical (unpaired) electrons. The highest BCUT2D eigenvalue weighted by Crippen LogP contribution is 2.07. The summed E-state index contributed by atoms with van der Waals surface area (Å²) < 4.78 is 0. The highest BCUT2D eigenvalue weighted by Gasteiger charge is 2.19. The summed E-state index contributed by atoms with van der Waals surface area (Å²) in [5.74, 6) is 0.642. The molecule has 1 aliphatic heterocycles. The van der Waals surface area contributed by atoms with E-state index >= 15 is 0 Å². The number of amides is 1. The van der Waals surface area contributed by atoms with E-state index in [1.807, 2.05) is 6.07 Å². The Morgan fingerprint density at radius 3 is 3.07 bits per heavy atom. The second-order valence-corrected chi connectivity index (χ2v) is 3.59. The number of carbonyl (C=O) groups is 1. The Balaban J connectivity index is 1.67. The fourth-order valence-electron chi connectivity index (χ4n) is 1.40. The van der Waals surface area contributed by atoms with E-state index in [1.165, 1.54) is 0 Å². The van der Waals surface area contributed by atoms with E-state index in [4.69, 9.17) is 0 Å². The Morgan fingerprint density at radius 1 is 1.64 bits per heavy atom. The molecule has 0 atom stereocenters. The van der Waals surface area contributed by atoms with Crippen molar-refractivity contribution in [1.29, 1.82) is 0 Å². The molecule has 1 aliphatic rings. The molecule has 5 nitrogen and oxygen atoms in total. The van der Waals surface area contributed by atoms with Crippen molar-refractivity contribution in [3.63, 3.8) is 0 Å². The van der Waals surface area contributed by atoms with Gasteiger partial charge in [0.15, 0.2) is 0 Å². The van der Waals surface area contributed by atoms with Crippen molar-refractivity contribution < 1.29 is 4.79 Å². The molecule has 3 N–H and O–H groups in total. The first kappa shape index (κ1) is 9.21. The molecule has 2 rings (SSSR count). The van der Waals surface area contributed by atoms with Gasteiger partial charge in [-0.25, -0.2) is 0 Å². The van der Waals surface area contributed by atoms with Crippen LogP contribution in [0.5, 0.6) is 0 Å². The first-order chi connectivity index (χ1) is 6.84. The highest BCUT2D eigenvalue weighted by atomic mass is 16.1. The summed E-state index contributed by atoms with van der Waals surface area (Å²) >= 11 is 0. The van der Waals surface area contributed by atoms with Crippen molar-refractivity contribution in [2.75, 3.05) is 13.1 Å². The number of hydrogen-bond acceptors (Lipinski definition) is 3. The lowest BCUT2D eigenvalue weighted by Gasteiger charge is -2.26. The molecule has 14 heavy (non-hydrogen) atoms. The second-order valence-electron chi connectivity index (χ2n) is 3.59. The molecule has 0 spiro atoms. The van der Waals surface area contributed by atoms with Crippen LogP contribution in [-0.4, -0.2) is 29.2 Å². The van der Waals surface area contributed by atoms with Crippen LogP contribution in [0.3, 0.4) is 0 Å². The van der Waals surface area contributed by atoms with Crippen molar-refractivity contribution in [3.8, 4) is 0 Å². The van der Waals surface area contributed by atoms with Gasteiger partial charge in [0, 0.05) is 12.6 Å². The predicted octanol–water partition coefficient (Wildman–Crippen LogP) is -0.365. The summed E-state index contributed by atoms with van der Waals surface area (Å²) in [6.45, 7) is 2.48. The molecule has 0 aliphatic carbocycles. The molecule has 5 heteroatoms. The van der Waals surface area contributed by atoms with Gasteiger partial charge >= 0.3 is 0 Å². The van der Waals surface area contributed by atoms with Crippen LogP contribution in [0.2, 0.25) is 0 Å². The third-order valence-electron chi connectivity index (χ3n) is 2.37. The summed E-state index contributed by atoms with van der Waals surface area (Å²) in [7, 11) is 0. The van der Waals surface area contributed by atoms with Crippen LogP contribution in [0.4, 0.5) is 0 Å². The van der Waals surface area contributed by atoms with Crippen LogP contribution >= 0.6 is 0 Å². The van der Waals surface area contributed by atoms with E-state index in [9.17, 15) is 4.79 Å². The van der Waals surface area contributed by atoms with Crippen LogP contribution < -0.4 is 10.6 Å². The van der Waals surface area contributed by atoms with E-state index in [-0.39, 0.29) is 5.91 Å². The predicted molar refractivity (Wildman–Crippen MR) is 51.4 cm³/mol. The fourth-order valence-corrected chi connectivity index (χ4v) is 1.40. The molecular weight excluding hydrogens is 180 g/mol. The lowest BCUT2D eigenvalue weighted by Crippen LogP contribution is -2.44. The first-order valence-corrected chi connectivity index (χ1v) is 4.80. The average molecular weight is 194 g/mol. The smallest absolute Gasteiger partial charge is 0.220 e. The Morgan fingerprint density at radius 2 is 2.50 bits per heavy atom. The lowest BCUT2D eigenvalue weighted by atomic mass is 9.99. The minimum atomic E-state index is 0.117. The minimum Gasteiger partial charge on any atom is -0.350 e. The molecule has 1 fully saturated rings. The third kappa shape index (κ3) is 2.32. The summed E-state index contributed by atoms with van der Waals surface area (Å²) in [4.78, 5) is 11.4. The molecular formula is C9H14N4O. The summed E-state index contributed by atoms with van der Waals surface area (Å²) in [5.41, 5.74) is 0.935. The molecule has 1 aromatic heterocycles. The summed E-state index contributed by atoms with van der Waals surface area (Å²) in [6, 6.07) is 1.85. The minimum absolute atomic E-state index is 0.117. The number of rotatable bonds is 4. The zero-order valence-corrected chi connectivity index (χ0v) is 7.92. The topological polar surface area (TPSA) is 69.8 Å². The van der Waals surface area contributed by atoms with Crippen LogP contribution in [0.15, 0.2) is 12.3 Å². The Kier molecular flexibility index (Phi) is 2.78. The monoisotopic (exact) mass is 194 g/mol. The number of nitrogens with one attached hydrogen (secondary N) is 3. The Labute approximate surface area is 82.3 Å². The zero-order chi connectivity index (χ0) is 9.80. The third-order valence-corrected chi connectivity index (χ3v) is 2.37. The van der Waals surface area contributed by atoms with Crippen LogP contribution in [0.25, 0.3) is 0 Å². The van der Waals surface area contributed by atoms with Gasteiger partial charge in [0.1, 0.15) is 0 Å². The SMILES string of the molecule is O=C(CC1CNC1)NCc1ccn[nH]1. The first-order valence-electron chi connectivity index (χ1n) is 4.80. The van der Waals surface area contributed by atoms with Gasteiger partial charge in [-0.1, -0.05) is 0 Å². The largest absolute Gasteiger partial charge is 0.350 e. The van der Waals surface area contributed by atoms with Gasteiger partial charge in [0.25, 0.3) is 0 Å². The maximum absolute atomic E-state index is 11.4. The second kappa shape index (κ2) is 4.23. The molecule has 1 aromatic rings. The molecule has 0 aromatic carbocycles. The van der Waals surface area contributed by atoms with Crippen molar-refractivity contribution in [1.82, 2.24) is 20.8 Å². The highest BCUT2D eigenvalue weighted by molar-refractivity contribution is 5.76. The lowest BCUT2D eigenvalue weighted by molar-refractivity contribution is -0.122. The van der Waals surface area contributed by atoms with Gasteiger partial charge in [0.05, 0.1) is 12.2 Å². The van der Waals surface area contributed by atoms with Gasteiger partial charge in [-0.3, -0.25) is 9.89 Å². The van der Waals surface area contributed by atoms with Gasteiger partial charge in [-0.05, 0) is 25.1 Å². The molecule has 1 saturated heterocycles. The van der Waals surface area contributed by atoms with E-state index in [2.05, 4.69) is 20.8 Å². The maximum atomic E-state index is 11.4. The normalized spacial score (nSPS) is 16.3. The van der Waals surface area contributed by atoms with Crippen LogP contribution in [-0.2, 0) is 11.3 Å². The van der Waals surface area contributed by atoms with Crippen LogP contribution in [0, 0.1) is 5.92 Å². The van der Waals surface area contributed by atoms with E-state index in [0.717, 1.165) is 18.8 Å². The maximum Gasteiger partial charge on any atom is 0.220 e. The molecule has 0 unspecified atom stereocenters. The number of H-pyrrole nitrogens is 1. The summed E-state index contributed by atoms with van der Waals surface area (Å²) in [6.07, 6.45) is 2.30. The van der Waals surface area contributed by atoms with Crippen LogP contribution in [0.1, 0.15) is 12.1 Å². The average Bonchev–Trinajstić information content (AvgIpc) is 2.60. The molecule has 1 amide bonds. The molecule has 76 valence electrons. The van der Waals surface area contributed by atoms with Crippen molar-refractivity contribution >= 4 is 5.91 Å². The van der Waals surface area contributed by atoms with Gasteiger partial charge in [-0.2, -0.15) is 5.10 Å². The van der Waals surface area contributed by atoms with E-state index in [0.29, 0.717) is 18.9 Å². The van der Waals surface area contributed by atoms with Gasteiger partial charge < -0.3 is 10.6 Å². The van der Waals surface area contributed by atoms with Crippen molar-refractivity contribution in [2.45, 2.75) is 13.0 Å². The number of aromatic amines is 1. The quantitative estimate of drug-likeness (QED) is 0.613. The van der Waals surface area contributed by atoms with Gasteiger partial charge in [0.2, 0.25) is 5.91 Å². The fraction of sp³-hybridized carbons (Fsp3) is 0.556. The zero-order valence-electron chi connectivity index (χ0n) is 7.92. The molecule has 0 bridgehead atoms. The molecule has 0 saturated carbocycles. The molecule has 2 heterocycles. The van der Waals surface area contributed by atoms with Crippen molar-refractivity contribution in [3.05, 3.63) is 18.0 Å². The summed E-state index contributed by atoms with van der Waals surface area (Å²) in [5, 5.41) is 12.6. The Hall–Kier alpha value is -1.36. The standard InChI is InChI=1S/C9H14N4O/c14-9(3-7-4-10-5-7)11-6-8-1-2-12-13-8/h1-2,7,10H,3-6H2,(H,11,14)(H,12,13). The number of hydrogen-bond donors (Lipinski definition) is 3. The number of aromatic nitrogens is 2. The number of carbonyl (C=O) groups excluding carboxylic acids is 1. The van der Waals surface area contributed by atoms with E-state index < -0.39 is 0 Å². The Bertz CT molecular complexity index is 292. The van der Waals surface area contributed by atoms with E-state index in [1.54, 1.807) is 6.20 Å². The van der Waals surface area contributed by atoms with Crippen molar-refractivity contribution in [2.24, 2.45) is 5.92 Å². The van der Waals surface area contributed by atoms with Gasteiger partial charge in [-0.15, -0.1) is 0 Å². The number of nitrogens with zero attached hydrogens (tertiary/aromatic N) is 1.